The van der Waals surface area contributed by atoms with Crippen LogP contribution in [0.4, 0.5) is 18.4 Å². The summed E-state index contributed by atoms with van der Waals surface area (Å²) in [6.07, 6.45) is 1.33. The second-order valence-electron chi connectivity index (χ2n) is 8.00. The van der Waals surface area contributed by atoms with E-state index in [4.69, 9.17) is 32.7 Å². The third kappa shape index (κ3) is 5.23. The lowest BCUT2D eigenvalue weighted by molar-refractivity contribution is 0.153. The predicted molar refractivity (Wildman–Crippen MR) is 123 cm³/mol. The van der Waals surface area contributed by atoms with E-state index in [1.165, 1.54) is 32.4 Å². The van der Waals surface area contributed by atoms with Crippen LogP contribution in [0.15, 0.2) is 30.0 Å². The number of carbonyl (C=O) groups excluding carboxylic acids is 2. The largest absolute Gasteiger partial charge is 0.491 e. The minimum atomic E-state index is -0.587. The van der Waals surface area contributed by atoms with Gasteiger partial charge in [-0.25, -0.2) is 18.4 Å². The summed E-state index contributed by atoms with van der Waals surface area (Å²) in [5.74, 6) is -0.0323. The van der Waals surface area contributed by atoms with Crippen molar-refractivity contribution in [3.8, 4) is 11.5 Å². The molecule has 3 aliphatic rings. The molecule has 35 heavy (non-hydrogen) atoms. The van der Waals surface area contributed by atoms with Gasteiger partial charge in [-0.1, -0.05) is 23.2 Å². The van der Waals surface area contributed by atoms with Gasteiger partial charge in [0.15, 0.2) is 0 Å². The molecule has 2 aromatic rings. The summed E-state index contributed by atoms with van der Waals surface area (Å²) in [6, 6.07) is 5.50. The van der Waals surface area contributed by atoms with Gasteiger partial charge >= 0.3 is 12.2 Å². The Hall–Kier alpha value is -3.24. The zero-order chi connectivity index (χ0) is 25.3. The fraction of sp³-hybridized carbons (Fsp3) is 0.304. The van der Waals surface area contributed by atoms with Crippen LogP contribution in [0.1, 0.15) is 23.5 Å². The first-order chi connectivity index (χ1) is 16.7. The Morgan fingerprint density at radius 2 is 1.66 bits per heavy atom. The Labute approximate surface area is 209 Å². The van der Waals surface area contributed by atoms with E-state index in [0.29, 0.717) is 29.4 Å². The quantitative estimate of drug-likeness (QED) is 0.568. The number of nitrogens with one attached hydrogen (secondary N) is 2. The number of benzene rings is 2. The van der Waals surface area contributed by atoms with Crippen molar-refractivity contribution in [1.29, 1.82) is 0 Å². The molecule has 0 aromatic heterocycles. The molecular weight excluding hydrogens is 509 g/mol. The van der Waals surface area contributed by atoms with Gasteiger partial charge in [-0.2, -0.15) is 0 Å². The van der Waals surface area contributed by atoms with E-state index in [9.17, 15) is 18.4 Å². The van der Waals surface area contributed by atoms with E-state index < -0.39 is 29.4 Å². The van der Waals surface area contributed by atoms with Crippen LogP contribution in [0, 0.1) is 11.6 Å². The molecule has 0 bridgehead atoms. The first-order valence-electron chi connectivity index (χ1n) is 10.3. The maximum absolute atomic E-state index is 13.3. The van der Waals surface area contributed by atoms with Gasteiger partial charge in [0.2, 0.25) is 0 Å². The summed E-state index contributed by atoms with van der Waals surface area (Å²) in [4.78, 5) is 22.3. The van der Waals surface area contributed by atoms with E-state index in [-0.39, 0.29) is 22.6 Å². The van der Waals surface area contributed by atoms with E-state index in [1.807, 2.05) is 0 Å². The van der Waals surface area contributed by atoms with Crippen LogP contribution in [0.5, 0.6) is 11.5 Å². The molecule has 2 heterocycles. The number of carbonyl (C=O) groups is 2. The lowest BCUT2D eigenvalue weighted by atomic mass is 10.0. The lowest BCUT2D eigenvalue weighted by Crippen LogP contribution is -2.44. The molecule has 1 fully saturated rings. The van der Waals surface area contributed by atoms with Crippen molar-refractivity contribution in [1.82, 2.24) is 10.6 Å². The van der Waals surface area contributed by atoms with Gasteiger partial charge in [0, 0.05) is 29.2 Å². The van der Waals surface area contributed by atoms with Crippen LogP contribution in [-0.2, 0) is 9.47 Å². The molecular formula is C23H20Cl2F2N2O6. The summed E-state index contributed by atoms with van der Waals surface area (Å²) in [5, 5.41) is 5.32. The third-order valence-electron chi connectivity index (χ3n) is 5.74. The van der Waals surface area contributed by atoms with Gasteiger partial charge in [-0.3, -0.25) is 5.32 Å². The van der Waals surface area contributed by atoms with Crippen LogP contribution < -0.4 is 20.1 Å². The molecule has 0 saturated heterocycles. The maximum atomic E-state index is 13.3. The van der Waals surface area contributed by atoms with Crippen LogP contribution in [0.25, 0.3) is 6.08 Å². The zero-order valence-corrected chi connectivity index (χ0v) is 20.1. The van der Waals surface area contributed by atoms with Crippen molar-refractivity contribution in [2.75, 3.05) is 27.4 Å². The molecule has 1 saturated carbocycles. The first-order valence-corrected chi connectivity index (χ1v) is 11.1. The number of methoxy groups -OCH3 is 2. The van der Waals surface area contributed by atoms with Gasteiger partial charge < -0.3 is 24.3 Å². The highest BCUT2D eigenvalue weighted by molar-refractivity contribution is 6.31. The van der Waals surface area contributed by atoms with Crippen LogP contribution in [0.2, 0.25) is 10.0 Å². The zero-order valence-electron chi connectivity index (χ0n) is 18.5. The number of ether oxygens (including phenoxy) is 4. The maximum Gasteiger partial charge on any atom is 0.411 e. The van der Waals surface area contributed by atoms with E-state index in [0.717, 1.165) is 12.0 Å². The molecule has 2 aliphatic heterocycles. The molecule has 5 rings (SSSR count). The second kappa shape index (κ2) is 9.79. The van der Waals surface area contributed by atoms with Crippen LogP contribution in [-0.4, -0.2) is 45.2 Å². The average molecular weight is 529 g/mol. The topological polar surface area (TPSA) is 95.1 Å². The van der Waals surface area contributed by atoms with Crippen molar-refractivity contribution < 1.29 is 37.3 Å². The summed E-state index contributed by atoms with van der Waals surface area (Å²) >= 11 is 11.4. The number of hydrogen-bond donors (Lipinski definition) is 2. The number of amides is 2. The van der Waals surface area contributed by atoms with Gasteiger partial charge in [0.25, 0.3) is 0 Å². The highest BCUT2D eigenvalue weighted by atomic mass is 35.5. The molecule has 2 aromatic carbocycles. The number of rotatable bonds is 2. The fourth-order valence-electron chi connectivity index (χ4n) is 3.87. The first kappa shape index (κ1) is 24.9. The Morgan fingerprint density at radius 3 is 2.34 bits per heavy atom. The third-order valence-corrected chi connectivity index (χ3v) is 6.32. The number of alkyl carbamates (subject to hydrolysis) is 2. The van der Waals surface area contributed by atoms with Crippen molar-refractivity contribution in [3.05, 3.63) is 62.8 Å². The monoisotopic (exact) mass is 528 g/mol. The smallest absolute Gasteiger partial charge is 0.411 e. The van der Waals surface area contributed by atoms with E-state index in [1.54, 1.807) is 12.1 Å². The summed E-state index contributed by atoms with van der Waals surface area (Å²) in [7, 11) is 2.58. The standard InChI is InChI=1S/C12H11ClFNO3.C11H9ClFNO3/c1-17-11(16)15-12-4-7(12)6-2-8(13)9(14)3-10(6)18-5-12;1-16-11(15)14-7-2-6-3-8(12)9(13)4-10(6)17-5-7/h2-3,7H,4-5H2,1H3,(H,15,16);2-4H,5H2,1H3,(H,14,15). The van der Waals surface area contributed by atoms with Crippen molar-refractivity contribution in [3.63, 3.8) is 0 Å². The normalized spacial score (nSPS) is 20.6. The number of fused-ring (bicyclic) bond motifs is 4. The highest BCUT2D eigenvalue weighted by Gasteiger charge is 2.60. The van der Waals surface area contributed by atoms with Gasteiger partial charge in [-0.05, 0) is 24.6 Å². The van der Waals surface area contributed by atoms with Crippen molar-refractivity contribution in [2.45, 2.75) is 17.9 Å². The number of halogens is 4. The summed E-state index contributed by atoms with van der Waals surface area (Å²) in [6.45, 7) is 0.462. The van der Waals surface area contributed by atoms with E-state index in [2.05, 4.69) is 20.1 Å². The van der Waals surface area contributed by atoms with Crippen molar-refractivity contribution in [2.24, 2.45) is 0 Å². The highest BCUT2D eigenvalue weighted by Crippen LogP contribution is 2.57. The summed E-state index contributed by atoms with van der Waals surface area (Å²) < 4.78 is 46.3. The van der Waals surface area contributed by atoms with Crippen LogP contribution >= 0.6 is 23.2 Å². The fourth-order valence-corrected chi connectivity index (χ4v) is 4.21. The SMILES string of the molecule is COC(=O)NC12COc3cc(F)c(Cl)cc3C1C2.COC(=O)NC1=Cc2cc(Cl)c(F)cc2OC1. The molecule has 0 radical (unpaired) electrons. The minimum Gasteiger partial charge on any atom is -0.491 e. The van der Waals surface area contributed by atoms with Gasteiger partial charge in [-0.15, -0.1) is 0 Å². The molecule has 2 N–H and O–H groups in total. The van der Waals surface area contributed by atoms with Gasteiger partial charge in [0.1, 0.15) is 36.3 Å². The molecule has 1 aliphatic carbocycles. The molecule has 2 unspecified atom stereocenters. The Morgan fingerprint density at radius 1 is 1.00 bits per heavy atom. The van der Waals surface area contributed by atoms with E-state index >= 15 is 0 Å². The number of hydrogen-bond acceptors (Lipinski definition) is 6. The lowest BCUT2D eigenvalue weighted by Gasteiger charge is -2.25. The molecule has 12 heteroatoms. The van der Waals surface area contributed by atoms with Crippen molar-refractivity contribution >= 4 is 41.5 Å². The minimum absolute atomic E-state index is 0.00270. The molecule has 2 atom stereocenters. The molecule has 0 spiro atoms. The second-order valence-corrected chi connectivity index (χ2v) is 8.82. The molecule has 8 nitrogen and oxygen atoms in total. The molecule has 186 valence electrons. The Balaban J connectivity index is 0.000000165. The Bertz CT molecular complexity index is 1220. The molecule has 2 amide bonds. The van der Waals surface area contributed by atoms with Crippen LogP contribution in [0.3, 0.4) is 0 Å². The predicted octanol–water partition coefficient (Wildman–Crippen LogP) is 5.02. The van der Waals surface area contributed by atoms with Gasteiger partial charge in [0.05, 0.1) is 35.5 Å². The Kier molecular flexibility index (Phi) is 6.95. The summed E-state index contributed by atoms with van der Waals surface area (Å²) in [5.41, 5.74) is 1.53. The average Bonchev–Trinajstić information content (AvgIpc) is 3.56.